The van der Waals surface area contributed by atoms with Gasteiger partial charge in [-0.3, -0.25) is 0 Å². The fourth-order valence-corrected chi connectivity index (χ4v) is 4.27. The molecule has 0 spiro atoms. The fraction of sp³-hybridized carbons (Fsp3) is 1.00. The first-order chi connectivity index (χ1) is 8.97. The Balaban J connectivity index is 0.000000138. The lowest BCUT2D eigenvalue weighted by Gasteiger charge is -2.35. The van der Waals surface area contributed by atoms with Crippen molar-refractivity contribution in [1.29, 1.82) is 0 Å². The highest BCUT2D eigenvalue weighted by Crippen LogP contribution is 2.39. The zero-order valence-electron chi connectivity index (χ0n) is 12.5. The summed E-state index contributed by atoms with van der Waals surface area (Å²) in [6.07, 6.45) is 24.4. The predicted molar refractivity (Wildman–Crippen MR) is 80.9 cm³/mol. The van der Waals surface area contributed by atoms with E-state index in [9.17, 15) is 0 Å². The maximum Gasteiger partial charge on any atom is -0.0386 e. The zero-order chi connectivity index (χ0) is 12.5. The van der Waals surface area contributed by atoms with Crippen molar-refractivity contribution in [3.05, 3.63) is 0 Å². The summed E-state index contributed by atoms with van der Waals surface area (Å²) >= 11 is 0. The third kappa shape index (κ3) is 5.33. The van der Waals surface area contributed by atoms with E-state index in [1.54, 1.807) is 25.7 Å². The van der Waals surface area contributed by atoms with E-state index < -0.39 is 0 Å². The Morgan fingerprint density at radius 2 is 0.500 bits per heavy atom. The number of hydrogen-bond donors (Lipinski definition) is 0. The minimum absolute atomic E-state index is 1.16. The smallest absolute Gasteiger partial charge is 0.0386 e. The van der Waals surface area contributed by atoms with Gasteiger partial charge in [0.1, 0.15) is 0 Å². The topological polar surface area (TPSA) is 0 Å². The second kappa shape index (κ2) is 8.99. The molecular formula is C18H34. The first kappa shape index (κ1) is 14.4. The van der Waals surface area contributed by atoms with Crippen LogP contribution in [0.25, 0.3) is 0 Å². The van der Waals surface area contributed by atoms with Crippen molar-refractivity contribution in [3.63, 3.8) is 0 Å². The molecule has 18 heavy (non-hydrogen) atoms. The lowest BCUT2D eigenvalue weighted by Crippen LogP contribution is -2.22. The van der Waals surface area contributed by atoms with Crippen molar-refractivity contribution in [3.8, 4) is 0 Å². The Kier molecular flexibility index (Phi) is 7.20. The minimum atomic E-state index is 1.16. The SMILES string of the molecule is C1CCC2CCCCC2C1.C1CCCCCCC1. The Hall–Kier alpha value is 0. The van der Waals surface area contributed by atoms with Crippen LogP contribution >= 0.6 is 0 Å². The van der Waals surface area contributed by atoms with E-state index in [0.29, 0.717) is 0 Å². The van der Waals surface area contributed by atoms with Gasteiger partial charge in [0, 0.05) is 0 Å². The molecule has 0 aromatic rings. The standard InChI is InChI=1S/C10H18.C8H16/c1-2-6-10-8-4-3-7-9(10)5-1;1-2-4-6-8-7-5-3-1/h9-10H,1-8H2;1-8H2. The molecule has 0 N–H and O–H groups in total. The summed E-state index contributed by atoms with van der Waals surface area (Å²) in [5.41, 5.74) is 0. The van der Waals surface area contributed by atoms with E-state index >= 15 is 0 Å². The van der Waals surface area contributed by atoms with Crippen LogP contribution in [0.15, 0.2) is 0 Å². The molecule has 0 bridgehead atoms. The lowest BCUT2D eigenvalue weighted by molar-refractivity contribution is 0.171. The first-order valence-corrected chi connectivity index (χ1v) is 8.97. The Morgan fingerprint density at radius 3 is 0.722 bits per heavy atom. The maximum absolute atomic E-state index is 1.56. The van der Waals surface area contributed by atoms with Gasteiger partial charge in [-0.2, -0.15) is 0 Å². The molecule has 0 aromatic heterocycles. The molecule has 3 aliphatic rings. The monoisotopic (exact) mass is 250 g/mol. The van der Waals surface area contributed by atoms with E-state index in [0.717, 1.165) is 11.8 Å². The molecule has 3 saturated carbocycles. The van der Waals surface area contributed by atoms with Gasteiger partial charge in [0.15, 0.2) is 0 Å². The second-order valence-corrected chi connectivity index (χ2v) is 6.92. The van der Waals surface area contributed by atoms with Crippen molar-refractivity contribution >= 4 is 0 Å². The van der Waals surface area contributed by atoms with Gasteiger partial charge in [0.05, 0.1) is 0 Å². The summed E-state index contributed by atoms with van der Waals surface area (Å²) in [6, 6.07) is 0. The molecule has 0 saturated heterocycles. The van der Waals surface area contributed by atoms with E-state index in [4.69, 9.17) is 0 Å². The molecule has 0 aromatic carbocycles. The predicted octanol–water partition coefficient (Wildman–Crippen LogP) is 6.49. The highest BCUT2D eigenvalue weighted by atomic mass is 14.3. The summed E-state index contributed by atoms with van der Waals surface area (Å²) in [4.78, 5) is 0. The van der Waals surface area contributed by atoms with Crippen molar-refractivity contribution in [1.82, 2.24) is 0 Å². The molecule has 0 unspecified atom stereocenters. The van der Waals surface area contributed by atoms with Crippen molar-refractivity contribution < 1.29 is 0 Å². The molecular weight excluding hydrogens is 216 g/mol. The van der Waals surface area contributed by atoms with Crippen molar-refractivity contribution in [2.45, 2.75) is 103 Å². The van der Waals surface area contributed by atoms with Crippen LogP contribution in [0.4, 0.5) is 0 Å². The van der Waals surface area contributed by atoms with Gasteiger partial charge in [0.25, 0.3) is 0 Å². The molecule has 0 atom stereocenters. The first-order valence-electron chi connectivity index (χ1n) is 8.97. The van der Waals surface area contributed by atoms with Crippen LogP contribution in [0.2, 0.25) is 0 Å². The number of rotatable bonds is 0. The zero-order valence-corrected chi connectivity index (χ0v) is 12.5. The molecule has 3 rings (SSSR count). The fourth-order valence-electron chi connectivity index (χ4n) is 4.27. The molecule has 0 amide bonds. The van der Waals surface area contributed by atoms with Crippen LogP contribution < -0.4 is 0 Å². The Labute approximate surface area is 115 Å². The van der Waals surface area contributed by atoms with Crippen LogP contribution in [0.3, 0.4) is 0 Å². The van der Waals surface area contributed by atoms with Gasteiger partial charge in [0.2, 0.25) is 0 Å². The summed E-state index contributed by atoms with van der Waals surface area (Å²) in [5, 5.41) is 0. The van der Waals surface area contributed by atoms with Gasteiger partial charge < -0.3 is 0 Å². The molecule has 3 fully saturated rings. The average Bonchev–Trinajstić information content (AvgIpc) is 2.39. The highest BCUT2D eigenvalue weighted by Gasteiger charge is 2.26. The summed E-state index contributed by atoms with van der Waals surface area (Å²) in [7, 11) is 0. The third-order valence-corrected chi connectivity index (χ3v) is 5.47. The van der Waals surface area contributed by atoms with E-state index in [1.807, 2.05) is 0 Å². The Morgan fingerprint density at radius 1 is 0.278 bits per heavy atom. The molecule has 0 aliphatic heterocycles. The van der Waals surface area contributed by atoms with E-state index in [2.05, 4.69) is 0 Å². The largest absolute Gasteiger partial charge is 0.0533 e. The van der Waals surface area contributed by atoms with E-state index in [1.165, 1.54) is 77.0 Å². The van der Waals surface area contributed by atoms with Crippen molar-refractivity contribution in [2.75, 3.05) is 0 Å². The van der Waals surface area contributed by atoms with Gasteiger partial charge in [-0.25, -0.2) is 0 Å². The second-order valence-electron chi connectivity index (χ2n) is 6.92. The van der Waals surface area contributed by atoms with Crippen LogP contribution in [0, 0.1) is 11.8 Å². The molecule has 0 heteroatoms. The molecule has 0 radical (unpaired) electrons. The summed E-state index contributed by atoms with van der Waals surface area (Å²) < 4.78 is 0. The molecule has 106 valence electrons. The Bertz CT molecular complexity index is 146. The van der Waals surface area contributed by atoms with Crippen LogP contribution in [-0.2, 0) is 0 Å². The number of hydrogen-bond acceptors (Lipinski definition) is 0. The third-order valence-electron chi connectivity index (χ3n) is 5.47. The quantitative estimate of drug-likeness (QED) is 0.461. The van der Waals surface area contributed by atoms with Gasteiger partial charge >= 0.3 is 0 Å². The van der Waals surface area contributed by atoms with E-state index in [-0.39, 0.29) is 0 Å². The highest BCUT2D eigenvalue weighted by molar-refractivity contribution is 4.78. The summed E-state index contributed by atoms with van der Waals surface area (Å²) in [5.74, 6) is 2.31. The summed E-state index contributed by atoms with van der Waals surface area (Å²) in [6.45, 7) is 0. The van der Waals surface area contributed by atoms with Crippen LogP contribution in [0.5, 0.6) is 0 Å². The normalized spacial score (nSPS) is 33.3. The molecule has 3 aliphatic carbocycles. The van der Waals surface area contributed by atoms with Crippen LogP contribution in [-0.4, -0.2) is 0 Å². The van der Waals surface area contributed by atoms with Gasteiger partial charge in [-0.05, 0) is 11.8 Å². The molecule has 0 nitrogen and oxygen atoms in total. The minimum Gasteiger partial charge on any atom is -0.0533 e. The van der Waals surface area contributed by atoms with Crippen molar-refractivity contribution in [2.24, 2.45) is 11.8 Å². The lowest BCUT2D eigenvalue weighted by atomic mass is 9.71. The molecule has 0 heterocycles. The number of fused-ring (bicyclic) bond motifs is 1. The maximum atomic E-state index is 1.56. The van der Waals surface area contributed by atoms with Gasteiger partial charge in [-0.15, -0.1) is 0 Å². The van der Waals surface area contributed by atoms with Gasteiger partial charge in [-0.1, -0.05) is 103 Å². The van der Waals surface area contributed by atoms with Crippen LogP contribution in [0.1, 0.15) is 103 Å². The average molecular weight is 250 g/mol.